The van der Waals surface area contributed by atoms with Gasteiger partial charge in [-0.15, -0.1) is 0 Å². The Kier molecular flexibility index (Phi) is 3.97. The Balaban J connectivity index is 2.13. The van der Waals surface area contributed by atoms with Crippen molar-refractivity contribution in [3.63, 3.8) is 0 Å². The van der Waals surface area contributed by atoms with E-state index in [4.69, 9.17) is 5.73 Å². The molecule has 0 radical (unpaired) electrons. The summed E-state index contributed by atoms with van der Waals surface area (Å²) in [7, 11) is 1.84. The van der Waals surface area contributed by atoms with Gasteiger partial charge in [-0.3, -0.25) is 4.79 Å². The maximum absolute atomic E-state index is 12.3. The number of aryl methyl sites for hydroxylation is 1. The fourth-order valence-electron chi connectivity index (χ4n) is 2.61. The van der Waals surface area contributed by atoms with Crippen LogP contribution in [0.2, 0.25) is 0 Å². The van der Waals surface area contributed by atoms with Crippen molar-refractivity contribution in [2.75, 3.05) is 7.05 Å². The molecule has 0 bridgehead atoms. The van der Waals surface area contributed by atoms with Crippen molar-refractivity contribution in [1.29, 1.82) is 0 Å². The molecule has 1 heterocycles. The second-order valence-electron chi connectivity index (χ2n) is 5.10. The van der Waals surface area contributed by atoms with Crippen LogP contribution in [0.25, 0.3) is 0 Å². The Morgan fingerprint density at radius 1 is 1.39 bits per heavy atom. The molecule has 1 aliphatic carbocycles. The summed E-state index contributed by atoms with van der Waals surface area (Å²) in [5, 5.41) is 0. The number of pyridine rings is 1. The molecule has 1 fully saturated rings. The molecule has 2 unspecified atom stereocenters. The van der Waals surface area contributed by atoms with Crippen molar-refractivity contribution in [3.8, 4) is 0 Å². The largest absolute Gasteiger partial charge is 0.336 e. The molecule has 18 heavy (non-hydrogen) atoms. The lowest BCUT2D eigenvalue weighted by Gasteiger charge is -2.35. The lowest BCUT2D eigenvalue weighted by molar-refractivity contribution is 0.0666. The number of hydrogen-bond donors (Lipinski definition) is 1. The molecule has 2 rings (SSSR count). The summed E-state index contributed by atoms with van der Waals surface area (Å²) < 4.78 is 0. The minimum atomic E-state index is -0.0268. The Hall–Kier alpha value is -1.42. The second kappa shape index (κ2) is 5.48. The van der Waals surface area contributed by atoms with Crippen LogP contribution in [0.4, 0.5) is 0 Å². The van der Waals surface area contributed by atoms with Crippen molar-refractivity contribution in [2.45, 2.75) is 44.7 Å². The molecule has 2 N–H and O–H groups in total. The molecule has 1 aromatic rings. The number of carbonyl (C=O) groups excluding carboxylic acids is 1. The summed E-state index contributed by atoms with van der Waals surface area (Å²) in [5.74, 6) is -0.0268. The molecule has 4 nitrogen and oxygen atoms in total. The molecule has 98 valence electrons. The zero-order chi connectivity index (χ0) is 13.1. The van der Waals surface area contributed by atoms with Gasteiger partial charge in [-0.25, -0.2) is 4.98 Å². The molecule has 0 saturated heterocycles. The van der Waals surface area contributed by atoms with Gasteiger partial charge in [0.05, 0.1) is 0 Å². The quantitative estimate of drug-likeness (QED) is 0.866. The Bertz CT molecular complexity index is 433. The molecule has 0 aliphatic heterocycles. The van der Waals surface area contributed by atoms with Crippen molar-refractivity contribution in [2.24, 2.45) is 5.73 Å². The van der Waals surface area contributed by atoms with Crippen LogP contribution in [0, 0.1) is 6.92 Å². The van der Waals surface area contributed by atoms with Gasteiger partial charge in [0.2, 0.25) is 0 Å². The molecular weight excluding hydrogens is 226 g/mol. The molecule has 1 aromatic heterocycles. The van der Waals surface area contributed by atoms with Crippen molar-refractivity contribution < 1.29 is 4.79 Å². The predicted molar refractivity (Wildman–Crippen MR) is 71.3 cm³/mol. The van der Waals surface area contributed by atoms with Gasteiger partial charge in [-0.2, -0.15) is 0 Å². The van der Waals surface area contributed by atoms with E-state index in [2.05, 4.69) is 4.98 Å². The van der Waals surface area contributed by atoms with Crippen LogP contribution in [0.3, 0.4) is 0 Å². The number of hydrogen-bond acceptors (Lipinski definition) is 3. The standard InChI is InChI=1S/C14H21N3O/c1-10-6-5-8-12(16-10)14(18)17(2)13-9-4-3-7-11(13)15/h5-6,8,11,13H,3-4,7,9,15H2,1-2H3. The number of amides is 1. The van der Waals surface area contributed by atoms with E-state index >= 15 is 0 Å². The van der Waals surface area contributed by atoms with E-state index in [9.17, 15) is 4.79 Å². The fourth-order valence-corrected chi connectivity index (χ4v) is 2.61. The van der Waals surface area contributed by atoms with Gasteiger partial charge in [0, 0.05) is 24.8 Å². The summed E-state index contributed by atoms with van der Waals surface area (Å²) >= 11 is 0. The third kappa shape index (κ3) is 2.70. The smallest absolute Gasteiger partial charge is 0.272 e. The average molecular weight is 247 g/mol. The molecule has 0 aromatic carbocycles. The monoisotopic (exact) mass is 247 g/mol. The van der Waals surface area contributed by atoms with Crippen LogP contribution < -0.4 is 5.73 Å². The summed E-state index contributed by atoms with van der Waals surface area (Å²) in [6.45, 7) is 1.89. The van der Waals surface area contributed by atoms with Gasteiger partial charge in [-0.05, 0) is 31.9 Å². The summed E-state index contributed by atoms with van der Waals surface area (Å²) in [6, 6.07) is 5.76. The molecule has 1 aliphatic rings. The number of likely N-dealkylation sites (N-methyl/N-ethyl adjacent to an activating group) is 1. The summed E-state index contributed by atoms with van der Waals surface area (Å²) in [6.07, 6.45) is 4.32. The molecule has 1 amide bonds. The van der Waals surface area contributed by atoms with E-state index in [0.29, 0.717) is 5.69 Å². The summed E-state index contributed by atoms with van der Waals surface area (Å²) in [5.41, 5.74) is 7.48. The first-order valence-corrected chi connectivity index (χ1v) is 6.56. The van der Waals surface area contributed by atoms with Crippen LogP contribution in [-0.2, 0) is 0 Å². The first kappa shape index (κ1) is 13.0. The van der Waals surface area contributed by atoms with Gasteiger partial charge in [0.25, 0.3) is 5.91 Å². The van der Waals surface area contributed by atoms with Crippen LogP contribution in [0.15, 0.2) is 18.2 Å². The number of carbonyl (C=O) groups is 1. The zero-order valence-electron chi connectivity index (χ0n) is 11.1. The lowest BCUT2D eigenvalue weighted by atomic mass is 9.90. The third-order valence-electron chi connectivity index (χ3n) is 3.71. The third-order valence-corrected chi connectivity index (χ3v) is 3.71. The Morgan fingerprint density at radius 3 is 2.78 bits per heavy atom. The van der Waals surface area contributed by atoms with Crippen molar-refractivity contribution in [3.05, 3.63) is 29.6 Å². The molecule has 0 spiro atoms. The van der Waals surface area contributed by atoms with E-state index in [1.807, 2.05) is 26.1 Å². The number of aromatic nitrogens is 1. The first-order chi connectivity index (χ1) is 8.59. The first-order valence-electron chi connectivity index (χ1n) is 6.56. The number of nitrogens with two attached hydrogens (primary N) is 1. The van der Waals surface area contributed by atoms with E-state index in [1.54, 1.807) is 11.0 Å². The minimum absolute atomic E-state index is 0.0268. The van der Waals surface area contributed by atoms with Gasteiger partial charge < -0.3 is 10.6 Å². The van der Waals surface area contributed by atoms with Crippen LogP contribution in [-0.4, -0.2) is 34.9 Å². The highest BCUT2D eigenvalue weighted by molar-refractivity contribution is 5.92. The highest BCUT2D eigenvalue weighted by Gasteiger charge is 2.29. The van der Waals surface area contributed by atoms with Gasteiger partial charge >= 0.3 is 0 Å². The highest BCUT2D eigenvalue weighted by Crippen LogP contribution is 2.22. The molecular formula is C14H21N3O. The maximum atomic E-state index is 12.3. The van der Waals surface area contributed by atoms with Gasteiger partial charge in [0.1, 0.15) is 5.69 Å². The number of nitrogens with zero attached hydrogens (tertiary/aromatic N) is 2. The van der Waals surface area contributed by atoms with Crippen molar-refractivity contribution >= 4 is 5.91 Å². The lowest BCUT2D eigenvalue weighted by Crippen LogP contribution is -2.50. The van der Waals surface area contributed by atoms with Crippen molar-refractivity contribution in [1.82, 2.24) is 9.88 Å². The summed E-state index contributed by atoms with van der Waals surface area (Å²) in [4.78, 5) is 18.4. The van der Waals surface area contributed by atoms with E-state index in [1.165, 1.54) is 6.42 Å². The average Bonchev–Trinajstić information content (AvgIpc) is 2.37. The van der Waals surface area contributed by atoms with Crippen LogP contribution in [0.5, 0.6) is 0 Å². The molecule has 1 saturated carbocycles. The van der Waals surface area contributed by atoms with Gasteiger partial charge in [0.15, 0.2) is 0 Å². The second-order valence-corrected chi connectivity index (χ2v) is 5.10. The Morgan fingerprint density at radius 2 is 2.11 bits per heavy atom. The maximum Gasteiger partial charge on any atom is 0.272 e. The Labute approximate surface area is 108 Å². The normalized spacial score (nSPS) is 23.7. The zero-order valence-corrected chi connectivity index (χ0v) is 11.1. The van der Waals surface area contributed by atoms with E-state index < -0.39 is 0 Å². The molecule has 2 atom stereocenters. The van der Waals surface area contributed by atoms with E-state index in [0.717, 1.165) is 25.0 Å². The number of rotatable bonds is 2. The predicted octanol–water partition coefficient (Wildman–Crippen LogP) is 1.73. The van der Waals surface area contributed by atoms with Crippen LogP contribution >= 0.6 is 0 Å². The van der Waals surface area contributed by atoms with Gasteiger partial charge in [-0.1, -0.05) is 18.9 Å². The molecule has 4 heteroatoms. The van der Waals surface area contributed by atoms with E-state index in [-0.39, 0.29) is 18.0 Å². The highest BCUT2D eigenvalue weighted by atomic mass is 16.2. The fraction of sp³-hybridized carbons (Fsp3) is 0.571. The topological polar surface area (TPSA) is 59.2 Å². The minimum Gasteiger partial charge on any atom is -0.336 e. The van der Waals surface area contributed by atoms with Crippen LogP contribution in [0.1, 0.15) is 41.9 Å². The SMILES string of the molecule is Cc1cccc(C(=O)N(C)C2CCCCC2N)n1.